The molecule has 0 saturated heterocycles. The molecule has 0 saturated carbocycles. The van der Waals surface area contributed by atoms with E-state index in [2.05, 4.69) is 38.2 Å². The molecule has 100 valence electrons. The normalized spacial score (nSPS) is 15.6. The number of carbonyl (C=O) groups is 1. The van der Waals surface area contributed by atoms with Gasteiger partial charge in [0.25, 0.3) is 0 Å². The minimum Gasteiger partial charge on any atom is -0.298 e. The first-order valence-corrected chi connectivity index (χ1v) is 6.68. The second kappa shape index (κ2) is 10.8. The lowest BCUT2D eigenvalue weighted by atomic mass is 10.0. The molecule has 0 heterocycles. The predicted octanol–water partition coefficient (Wildman–Crippen LogP) is 5.02. The molecule has 0 N–H and O–H groups in total. The molecule has 0 aromatic carbocycles. The Bertz CT molecular complexity index is 343. The van der Waals surface area contributed by atoms with Crippen molar-refractivity contribution in [1.29, 1.82) is 0 Å². The maximum absolute atomic E-state index is 10.4. The van der Waals surface area contributed by atoms with Gasteiger partial charge in [0.05, 0.1) is 0 Å². The first-order chi connectivity index (χ1) is 8.60. The summed E-state index contributed by atoms with van der Waals surface area (Å²) in [6.45, 7) is 8.23. The van der Waals surface area contributed by atoms with E-state index in [1.54, 1.807) is 0 Å². The van der Waals surface area contributed by atoms with Crippen molar-refractivity contribution in [3.05, 3.63) is 47.6 Å². The highest BCUT2D eigenvalue weighted by Gasteiger charge is 1.98. The molecule has 0 aromatic rings. The van der Waals surface area contributed by atoms with E-state index >= 15 is 0 Å². The predicted molar refractivity (Wildman–Crippen MR) is 80.5 cm³/mol. The SMILES string of the molecule is C/C=C/C=C(C)/C=C/C[C@H](C)CC/C=C(/C)C=O. The molecule has 0 unspecified atom stereocenters. The Labute approximate surface area is 112 Å². The Kier molecular flexibility index (Phi) is 9.94. The molecule has 0 radical (unpaired) electrons. The fraction of sp³-hybridized carbons (Fsp3) is 0.471. The van der Waals surface area contributed by atoms with Crippen molar-refractivity contribution in [2.45, 2.75) is 47.0 Å². The van der Waals surface area contributed by atoms with Gasteiger partial charge in [0.1, 0.15) is 6.29 Å². The van der Waals surface area contributed by atoms with Crippen molar-refractivity contribution < 1.29 is 4.79 Å². The highest BCUT2D eigenvalue weighted by Crippen LogP contribution is 2.12. The summed E-state index contributed by atoms with van der Waals surface area (Å²) in [4.78, 5) is 10.4. The standard InChI is InChI=1S/C17H26O/c1-5-6-9-15(2)10-7-11-16(3)12-8-13-17(4)14-18/h5-7,9-10,13-14,16H,8,11-12H2,1-4H3/b6-5+,10-7+,15-9+,17-13-/t16-/m0/s1. The second-order valence-electron chi connectivity index (χ2n) is 4.82. The monoisotopic (exact) mass is 246 g/mol. The van der Waals surface area contributed by atoms with Crippen LogP contribution in [-0.4, -0.2) is 6.29 Å². The zero-order valence-corrected chi connectivity index (χ0v) is 12.1. The molecule has 0 aromatic heterocycles. The van der Waals surface area contributed by atoms with Gasteiger partial charge in [0, 0.05) is 0 Å². The third-order valence-electron chi connectivity index (χ3n) is 2.78. The maximum Gasteiger partial charge on any atom is 0.145 e. The summed E-state index contributed by atoms with van der Waals surface area (Å²) in [6, 6.07) is 0. The first kappa shape index (κ1) is 16.6. The molecule has 1 atom stereocenters. The Morgan fingerprint density at radius 3 is 2.56 bits per heavy atom. The largest absolute Gasteiger partial charge is 0.298 e. The number of allylic oxidation sites excluding steroid dienone is 8. The number of carbonyl (C=O) groups excluding carboxylic acids is 1. The van der Waals surface area contributed by atoms with Crippen molar-refractivity contribution in [2.24, 2.45) is 5.92 Å². The van der Waals surface area contributed by atoms with Gasteiger partial charge in [0.15, 0.2) is 0 Å². The molecule has 18 heavy (non-hydrogen) atoms. The van der Waals surface area contributed by atoms with E-state index < -0.39 is 0 Å². The molecule has 0 bridgehead atoms. The lowest BCUT2D eigenvalue weighted by Gasteiger charge is -2.06. The molecule has 0 amide bonds. The summed E-state index contributed by atoms with van der Waals surface area (Å²) >= 11 is 0. The van der Waals surface area contributed by atoms with Gasteiger partial charge in [-0.2, -0.15) is 0 Å². The topological polar surface area (TPSA) is 17.1 Å². The summed E-state index contributed by atoms with van der Waals surface area (Å²) in [5.41, 5.74) is 2.11. The van der Waals surface area contributed by atoms with Crippen molar-refractivity contribution >= 4 is 6.29 Å². The van der Waals surface area contributed by atoms with Crippen LogP contribution in [0.1, 0.15) is 47.0 Å². The van der Waals surface area contributed by atoms with E-state index in [9.17, 15) is 4.79 Å². The zero-order valence-electron chi connectivity index (χ0n) is 12.1. The number of rotatable bonds is 8. The smallest absolute Gasteiger partial charge is 0.145 e. The molecule has 1 nitrogen and oxygen atoms in total. The van der Waals surface area contributed by atoms with Gasteiger partial charge in [-0.15, -0.1) is 0 Å². The van der Waals surface area contributed by atoms with Crippen LogP contribution in [0.4, 0.5) is 0 Å². The quantitative estimate of drug-likeness (QED) is 0.334. The van der Waals surface area contributed by atoms with Crippen LogP contribution < -0.4 is 0 Å². The van der Waals surface area contributed by atoms with E-state index in [0.717, 1.165) is 31.1 Å². The summed E-state index contributed by atoms with van der Waals surface area (Å²) < 4.78 is 0. The highest BCUT2D eigenvalue weighted by molar-refractivity contribution is 5.71. The van der Waals surface area contributed by atoms with Crippen molar-refractivity contribution in [3.8, 4) is 0 Å². The van der Waals surface area contributed by atoms with Gasteiger partial charge >= 0.3 is 0 Å². The van der Waals surface area contributed by atoms with Crippen LogP contribution in [0.15, 0.2) is 47.6 Å². The Morgan fingerprint density at radius 1 is 1.22 bits per heavy atom. The van der Waals surface area contributed by atoms with Crippen molar-refractivity contribution in [2.75, 3.05) is 0 Å². The first-order valence-electron chi connectivity index (χ1n) is 6.68. The molecule has 0 aliphatic rings. The fourth-order valence-electron chi connectivity index (χ4n) is 1.55. The zero-order chi connectivity index (χ0) is 13.8. The average Bonchev–Trinajstić information content (AvgIpc) is 2.36. The molecular weight excluding hydrogens is 220 g/mol. The van der Waals surface area contributed by atoms with Gasteiger partial charge in [-0.25, -0.2) is 0 Å². The lowest BCUT2D eigenvalue weighted by Crippen LogP contribution is -1.91. The van der Waals surface area contributed by atoms with Crippen LogP contribution in [0.25, 0.3) is 0 Å². The van der Waals surface area contributed by atoms with Crippen molar-refractivity contribution in [1.82, 2.24) is 0 Å². The Hall–Kier alpha value is -1.37. The van der Waals surface area contributed by atoms with E-state index in [-0.39, 0.29) is 0 Å². The number of hydrogen-bond acceptors (Lipinski definition) is 1. The second-order valence-corrected chi connectivity index (χ2v) is 4.82. The van der Waals surface area contributed by atoms with E-state index in [1.807, 2.05) is 26.0 Å². The van der Waals surface area contributed by atoms with E-state index in [1.165, 1.54) is 5.57 Å². The molecule has 0 rings (SSSR count). The summed E-state index contributed by atoms with van der Waals surface area (Å²) in [7, 11) is 0. The van der Waals surface area contributed by atoms with Crippen LogP contribution >= 0.6 is 0 Å². The molecule has 0 aliphatic carbocycles. The summed E-state index contributed by atoms with van der Waals surface area (Å²) in [6.07, 6.45) is 16.7. The van der Waals surface area contributed by atoms with Gasteiger partial charge < -0.3 is 0 Å². The Balaban J connectivity index is 3.93. The average molecular weight is 246 g/mol. The summed E-state index contributed by atoms with van der Waals surface area (Å²) in [5, 5.41) is 0. The minimum absolute atomic E-state index is 0.659. The van der Waals surface area contributed by atoms with Crippen LogP contribution in [0.5, 0.6) is 0 Å². The van der Waals surface area contributed by atoms with Crippen LogP contribution in [0.2, 0.25) is 0 Å². The fourth-order valence-corrected chi connectivity index (χ4v) is 1.55. The van der Waals surface area contributed by atoms with E-state index in [4.69, 9.17) is 0 Å². The molecular formula is C17H26O. The molecule has 0 aliphatic heterocycles. The molecule has 1 heteroatoms. The van der Waals surface area contributed by atoms with Crippen LogP contribution in [0, 0.1) is 5.92 Å². The van der Waals surface area contributed by atoms with Gasteiger partial charge in [0.2, 0.25) is 0 Å². The molecule has 0 spiro atoms. The van der Waals surface area contributed by atoms with Gasteiger partial charge in [-0.3, -0.25) is 4.79 Å². The van der Waals surface area contributed by atoms with Crippen LogP contribution in [0.3, 0.4) is 0 Å². The third-order valence-corrected chi connectivity index (χ3v) is 2.78. The minimum atomic E-state index is 0.659. The lowest BCUT2D eigenvalue weighted by molar-refractivity contribution is -0.104. The van der Waals surface area contributed by atoms with Crippen molar-refractivity contribution in [3.63, 3.8) is 0 Å². The van der Waals surface area contributed by atoms with Gasteiger partial charge in [-0.05, 0) is 51.5 Å². The summed E-state index contributed by atoms with van der Waals surface area (Å²) in [5.74, 6) is 0.659. The Morgan fingerprint density at radius 2 is 1.94 bits per heavy atom. The number of hydrogen-bond donors (Lipinski definition) is 0. The van der Waals surface area contributed by atoms with Crippen LogP contribution in [-0.2, 0) is 4.79 Å². The number of aldehydes is 1. The highest BCUT2D eigenvalue weighted by atomic mass is 16.1. The third kappa shape index (κ3) is 9.83. The van der Waals surface area contributed by atoms with Gasteiger partial charge in [-0.1, -0.05) is 49.0 Å². The van der Waals surface area contributed by atoms with E-state index in [0.29, 0.717) is 5.92 Å². The molecule has 0 fully saturated rings. The maximum atomic E-state index is 10.4.